The molecule has 0 radical (unpaired) electrons. The molecule has 0 spiro atoms. The van der Waals surface area contributed by atoms with Gasteiger partial charge in [0.1, 0.15) is 5.82 Å². The van der Waals surface area contributed by atoms with Gasteiger partial charge in [-0.05, 0) is 37.6 Å². The SMILES string of the molecule is C[C@@H]1CN(Cc2cc(F)c(F)cc2F)C[C@H](C)N1Cc1ccc(C(=O)NO)cc1. The van der Waals surface area contributed by atoms with E-state index < -0.39 is 23.4 Å². The molecule has 0 bridgehead atoms. The summed E-state index contributed by atoms with van der Waals surface area (Å²) < 4.78 is 40.6. The minimum atomic E-state index is -1.18. The quantitative estimate of drug-likeness (QED) is 0.454. The molecule has 1 amide bonds. The van der Waals surface area contributed by atoms with Crippen molar-refractivity contribution in [1.29, 1.82) is 0 Å². The Labute approximate surface area is 167 Å². The lowest BCUT2D eigenvalue weighted by molar-refractivity contribution is 0.0285. The van der Waals surface area contributed by atoms with Gasteiger partial charge in [0.05, 0.1) is 0 Å². The van der Waals surface area contributed by atoms with E-state index in [1.165, 1.54) is 0 Å². The van der Waals surface area contributed by atoms with Crippen LogP contribution in [0.3, 0.4) is 0 Å². The minimum absolute atomic E-state index is 0.148. The van der Waals surface area contributed by atoms with E-state index in [-0.39, 0.29) is 24.2 Å². The van der Waals surface area contributed by atoms with E-state index in [9.17, 15) is 18.0 Å². The van der Waals surface area contributed by atoms with E-state index in [1.54, 1.807) is 17.6 Å². The number of nitrogens with one attached hydrogen (secondary N) is 1. The van der Waals surface area contributed by atoms with Crippen LogP contribution in [0.25, 0.3) is 0 Å². The summed E-state index contributed by atoms with van der Waals surface area (Å²) in [6.07, 6.45) is 0. The second-order valence-electron chi connectivity index (χ2n) is 7.56. The maximum atomic E-state index is 14.0. The average Bonchev–Trinajstić information content (AvgIpc) is 2.69. The highest BCUT2D eigenvalue weighted by molar-refractivity contribution is 5.93. The second kappa shape index (κ2) is 8.94. The third-order valence-electron chi connectivity index (χ3n) is 5.34. The molecule has 0 aromatic heterocycles. The number of hydrogen-bond acceptors (Lipinski definition) is 4. The Morgan fingerprint density at radius 2 is 1.59 bits per heavy atom. The van der Waals surface area contributed by atoms with Crippen molar-refractivity contribution >= 4 is 5.91 Å². The number of hydrogen-bond donors (Lipinski definition) is 2. The largest absolute Gasteiger partial charge is 0.296 e. The zero-order valence-corrected chi connectivity index (χ0v) is 16.3. The summed E-state index contributed by atoms with van der Waals surface area (Å²) in [5, 5.41) is 8.69. The van der Waals surface area contributed by atoms with Crippen LogP contribution < -0.4 is 5.48 Å². The first-order valence-corrected chi connectivity index (χ1v) is 9.43. The molecule has 2 aromatic carbocycles. The van der Waals surface area contributed by atoms with Gasteiger partial charge in [0.25, 0.3) is 5.91 Å². The third kappa shape index (κ3) is 4.95. The summed E-state index contributed by atoms with van der Waals surface area (Å²) >= 11 is 0. The Morgan fingerprint density at radius 1 is 1.00 bits per heavy atom. The number of carbonyl (C=O) groups excluding carboxylic acids is 1. The summed E-state index contributed by atoms with van der Waals surface area (Å²) in [6, 6.07) is 8.82. The predicted octanol–water partition coefficient (Wildman–Crippen LogP) is 3.32. The number of piperazine rings is 1. The van der Waals surface area contributed by atoms with Crippen molar-refractivity contribution in [2.24, 2.45) is 0 Å². The van der Waals surface area contributed by atoms with E-state index in [1.807, 2.05) is 17.0 Å². The zero-order valence-electron chi connectivity index (χ0n) is 16.3. The summed E-state index contributed by atoms with van der Waals surface area (Å²) in [4.78, 5) is 15.8. The molecule has 156 valence electrons. The van der Waals surface area contributed by atoms with Gasteiger partial charge in [0.15, 0.2) is 11.6 Å². The molecule has 29 heavy (non-hydrogen) atoms. The maximum absolute atomic E-state index is 14.0. The van der Waals surface area contributed by atoms with Crippen LogP contribution in [0, 0.1) is 17.5 Å². The molecule has 1 aliphatic heterocycles. The van der Waals surface area contributed by atoms with E-state index in [2.05, 4.69) is 18.7 Å². The molecule has 1 aliphatic rings. The smallest absolute Gasteiger partial charge is 0.274 e. The van der Waals surface area contributed by atoms with Crippen LogP contribution in [-0.4, -0.2) is 46.1 Å². The van der Waals surface area contributed by atoms with Crippen LogP contribution in [0.2, 0.25) is 0 Å². The van der Waals surface area contributed by atoms with Crippen molar-refractivity contribution in [2.75, 3.05) is 13.1 Å². The molecule has 1 saturated heterocycles. The van der Waals surface area contributed by atoms with Gasteiger partial charge in [-0.15, -0.1) is 0 Å². The molecule has 3 rings (SSSR count). The standard InChI is InChI=1S/C21H24F3N3O2/c1-13-9-26(12-17-7-19(23)20(24)8-18(17)22)10-14(2)27(13)11-15-3-5-16(6-4-15)21(28)25-29/h3-8,13-14,29H,9-12H2,1-2H3,(H,25,28)/t13-,14+. The Balaban J connectivity index is 1.64. The van der Waals surface area contributed by atoms with E-state index in [4.69, 9.17) is 5.21 Å². The van der Waals surface area contributed by atoms with Crippen molar-refractivity contribution in [3.05, 3.63) is 70.5 Å². The van der Waals surface area contributed by atoms with Crippen molar-refractivity contribution in [3.8, 4) is 0 Å². The van der Waals surface area contributed by atoms with Gasteiger partial charge < -0.3 is 0 Å². The van der Waals surface area contributed by atoms with Crippen LogP contribution >= 0.6 is 0 Å². The van der Waals surface area contributed by atoms with Crippen LogP contribution in [-0.2, 0) is 13.1 Å². The van der Waals surface area contributed by atoms with Gasteiger partial charge in [-0.1, -0.05) is 12.1 Å². The first-order valence-electron chi connectivity index (χ1n) is 9.43. The first kappa shape index (κ1) is 21.3. The molecule has 2 N–H and O–H groups in total. The minimum Gasteiger partial charge on any atom is -0.296 e. The summed E-state index contributed by atoms with van der Waals surface area (Å²) in [5.41, 5.74) is 3.15. The molecule has 0 unspecified atom stereocenters. The van der Waals surface area contributed by atoms with Crippen molar-refractivity contribution in [2.45, 2.75) is 39.0 Å². The summed E-state index contributed by atoms with van der Waals surface area (Å²) in [7, 11) is 0. The number of rotatable bonds is 5. The van der Waals surface area contributed by atoms with Crippen LogP contribution in [0.5, 0.6) is 0 Å². The van der Waals surface area contributed by atoms with E-state index in [0.29, 0.717) is 31.3 Å². The van der Waals surface area contributed by atoms with Crippen molar-refractivity contribution < 1.29 is 23.2 Å². The lowest BCUT2D eigenvalue weighted by atomic mass is 10.0. The van der Waals surface area contributed by atoms with E-state index in [0.717, 1.165) is 11.6 Å². The predicted molar refractivity (Wildman–Crippen MR) is 102 cm³/mol. The maximum Gasteiger partial charge on any atom is 0.274 e. The van der Waals surface area contributed by atoms with Gasteiger partial charge in [0, 0.05) is 55.5 Å². The monoisotopic (exact) mass is 407 g/mol. The Kier molecular flexibility index (Phi) is 6.56. The Bertz CT molecular complexity index is 864. The van der Waals surface area contributed by atoms with Gasteiger partial charge in [0.2, 0.25) is 0 Å². The Hall–Kier alpha value is -2.42. The van der Waals surface area contributed by atoms with Crippen LogP contribution in [0.1, 0.15) is 35.3 Å². The van der Waals surface area contributed by atoms with Crippen molar-refractivity contribution in [1.82, 2.24) is 15.3 Å². The van der Waals surface area contributed by atoms with Gasteiger partial charge in [-0.3, -0.25) is 19.8 Å². The number of carbonyl (C=O) groups is 1. The highest BCUT2D eigenvalue weighted by Crippen LogP contribution is 2.22. The molecule has 1 heterocycles. The Morgan fingerprint density at radius 3 is 2.17 bits per heavy atom. The van der Waals surface area contributed by atoms with Crippen molar-refractivity contribution in [3.63, 3.8) is 0 Å². The average molecular weight is 407 g/mol. The topological polar surface area (TPSA) is 55.8 Å². The van der Waals surface area contributed by atoms with Gasteiger partial charge in [-0.25, -0.2) is 18.7 Å². The van der Waals surface area contributed by atoms with Gasteiger partial charge >= 0.3 is 0 Å². The highest BCUT2D eigenvalue weighted by atomic mass is 19.2. The molecule has 5 nitrogen and oxygen atoms in total. The molecule has 0 aliphatic carbocycles. The van der Waals surface area contributed by atoms with E-state index >= 15 is 0 Å². The molecule has 2 atom stereocenters. The number of amides is 1. The zero-order chi connectivity index (χ0) is 21.1. The molecule has 8 heteroatoms. The van der Waals surface area contributed by atoms with Crippen LogP contribution in [0.15, 0.2) is 36.4 Å². The number of halogens is 3. The molecule has 1 fully saturated rings. The fourth-order valence-corrected chi connectivity index (χ4v) is 3.87. The number of benzene rings is 2. The third-order valence-corrected chi connectivity index (χ3v) is 5.34. The lowest BCUT2D eigenvalue weighted by Crippen LogP contribution is -2.55. The first-order chi connectivity index (χ1) is 13.8. The molecular weight excluding hydrogens is 383 g/mol. The highest BCUT2D eigenvalue weighted by Gasteiger charge is 2.30. The normalized spacial score (nSPS) is 20.6. The fourth-order valence-electron chi connectivity index (χ4n) is 3.87. The summed E-state index contributed by atoms with van der Waals surface area (Å²) in [6.45, 7) is 6.35. The molecule has 0 saturated carbocycles. The second-order valence-corrected chi connectivity index (χ2v) is 7.56. The number of nitrogens with zero attached hydrogens (tertiary/aromatic N) is 2. The van der Waals surface area contributed by atoms with Crippen LogP contribution in [0.4, 0.5) is 13.2 Å². The lowest BCUT2D eigenvalue weighted by Gasteiger charge is -2.44. The molecule has 2 aromatic rings. The number of hydroxylamine groups is 1. The fraction of sp³-hybridized carbons (Fsp3) is 0.381. The summed E-state index contributed by atoms with van der Waals surface area (Å²) in [5.74, 6) is -3.52. The van der Waals surface area contributed by atoms with Gasteiger partial charge in [-0.2, -0.15) is 0 Å². The molecular formula is C21H24F3N3O2.